The minimum atomic E-state index is -1.92. The molecule has 1 rings (SSSR count). The van der Waals surface area contributed by atoms with Crippen LogP contribution >= 0.6 is 0 Å². The number of ether oxygens (including phenoxy) is 5. The van der Waals surface area contributed by atoms with Crippen LogP contribution in [0.25, 0.3) is 0 Å². The zero-order chi connectivity index (χ0) is 51.8. The first-order valence-electron chi connectivity index (χ1n) is 27.6. The maximum Gasteiger partial charge on any atom is 0.335 e. The Kier molecular flexibility index (Phi) is 42.9. The van der Waals surface area contributed by atoms with Gasteiger partial charge in [0.05, 0.1) is 6.61 Å². The second kappa shape index (κ2) is 46.9. The second-order valence-corrected chi connectivity index (χ2v) is 18.5. The van der Waals surface area contributed by atoms with Crippen molar-refractivity contribution >= 4 is 23.9 Å². The van der Waals surface area contributed by atoms with E-state index in [0.717, 1.165) is 122 Å². The van der Waals surface area contributed by atoms with Gasteiger partial charge in [-0.05, 0) is 89.9 Å². The third-order valence-electron chi connectivity index (χ3n) is 12.0. The highest BCUT2D eigenvalue weighted by molar-refractivity contribution is 5.74. The van der Waals surface area contributed by atoms with Crippen LogP contribution in [0, 0.1) is 0 Å². The van der Waals surface area contributed by atoms with Gasteiger partial charge >= 0.3 is 23.9 Å². The number of carboxylic acid groups (broad SMARTS) is 1. The molecule has 0 aliphatic carbocycles. The number of aliphatic hydroxyl groups is 2. The van der Waals surface area contributed by atoms with E-state index in [1.54, 1.807) is 0 Å². The summed E-state index contributed by atoms with van der Waals surface area (Å²) in [5.41, 5.74) is 0. The molecule has 0 bridgehead atoms. The number of carbonyl (C=O) groups is 4. The Morgan fingerprint density at radius 3 is 1.37 bits per heavy atom. The number of aliphatic hydroxyl groups excluding tert-OH is 2. The molecule has 12 nitrogen and oxygen atoms in total. The minimum Gasteiger partial charge on any atom is -0.479 e. The first-order chi connectivity index (χ1) is 34.6. The van der Waals surface area contributed by atoms with Crippen LogP contribution in [-0.4, -0.2) is 89.2 Å². The van der Waals surface area contributed by atoms with Crippen molar-refractivity contribution in [2.45, 2.75) is 250 Å². The summed E-state index contributed by atoms with van der Waals surface area (Å²) in [4.78, 5) is 50.9. The van der Waals surface area contributed by atoms with Crippen LogP contribution in [0.15, 0.2) is 85.1 Å². The number of hydrogen-bond donors (Lipinski definition) is 3. The Bertz CT molecular complexity index is 1560. The van der Waals surface area contributed by atoms with E-state index < -0.39 is 67.3 Å². The van der Waals surface area contributed by atoms with Crippen molar-refractivity contribution < 1.29 is 58.2 Å². The molecule has 0 amide bonds. The average molecular weight is 997 g/mol. The number of rotatable bonds is 45. The molecule has 1 fully saturated rings. The molecule has 12 heteroatoms. The van der Waals surface area contributed by atoms with E-state index in [1.807, 2.05) is 0 Å². The summed E-state index contributed by atoms with van der Waals surface area (Å²) >= 11 is 0. The number of carbonyl (C=O) groups excluding carboxylic acids is 3. The van der Waals surface area contributed by atoms with Crippen LogP contribution < -0.4 is 0 Å². The predicted molar refractivity (Wildman–Crippen MR) is 284 cm³/mol. The average Bonchev–Trinajstić information content (AvgIpc) is 3.35. The van der Waals surface area contributed by atoms with Crippen LogP contribution in [0.3, 0.4) is 0 Å². The SMILES string of the molecule is CC/C=C\C/C=C\C/C=C\C/C=C\CCCCCCCCC(=O)OCC(COC1OC(C(=O)O)C(O)C(O)C1OC(=O)CCCCC/C=C\C/C=C\C/C=C\CC)OC(=O)CCCCCCCCCCC. The molecule has 1 aliphatic rings. The highest BCUT2D eigenvalue weighted by Gasteiger charge is 2.50. The van der Waals surface area contributed by atoms with Gasteiger partial charge in [0.2, 0.25) is 0 Å². The fraction of sp³-hybridized carbons (Fsp3) is 0.695. The third-order valence-corrected chi connectivity index (χ3v) is 12.0. The smallest absolute Gasteiger partial charge is 0.335 e. The van der Waals surface area contributed by atoms with Crippen molar-refractivity contribution in [1.29, 1.82) is 0 Å². The fourth-order valence-corrected chi connectivity index (χ4v) is 7.78. The summed E-state index contributed by atoms with van der Waals surface area (Å²) in [6, 6.07) is 0. The molecular weight excluding hydrogens is 901 g/mol. The van der Waals surface area contributed by atoms with Crippen molar-refractivity contribution in [2.24, 2.45) is 0 Å². The maximum absolute atomic E-state index is 13.0. The number of unbranched alkanes of at least 4 members (excludes halogenated alkanes) is 17. The third kappa shape index (κ3) is 37.3. The van der Waals surface area contributed by atoms with Gasteiger partial charge in [0.15, 0.2) is 24.6 Å². The Morgan fingerprint density at radius 2 is 0.887 bits per heavy atom. The molecule has 1 saturated heterocycles. The van der Waals surface area contributed by atoms with E-state index in [1.165, 1.54) is 32.1 Å². The molecule has 0 spiro atoms. The van der Waals surface area contributed by atoms with Gasteiger partial charge in [0, 0.05) is 19.3 Å². The topological polar surface area (TPSA) is 175 Å². The van der Waals surface area contributed by atoms with E-state index in [0.29, 0.717) is 19.3 Å². The number of aliphatic carboxylic acids is 1. The Hall–Kier alpha value is -4.10. The van der Waals surface area contributed by atoms with Gasteiger partial charge in [-0.15, -0.1) is 0 Å². The van der Waals surface area contributed by atoms with Crippen molar-refractivity contribution in [1.82, 2.24) is 0 Å². The lowest BCUT2D eigenvalue weighted by molar-refractivity contribution is -0.301. The monoisotopic (exact) mass is 997 g/mol. The van der Waals surface area contributed by atoms with E-state index >= 15 is 0 Å². The van der Waals surface area contributed by atoms with Crippen LogP contribution in [0.5, 0.6) is 0 Å². The summed E-state index contributed by atoms with van der Waals surface area (Å²) in [5, 5.41) is 31.3. The molecule has 1 aliphatic heterocycles. The summed E-state index contributed by atoms with van der Waals surface area (Å²) in [6.07, 6.45) is 47.2. The fourth-order valence-electron chi connectivity index (χ4n) is 7.78. The molecule has 6 unspecified atom stereocenters. The molecule has 404 valence electrons. The zero-order valence-electron chi connectivity index (χ0n) is 44.2. The van der Waals surface area contributed by atoms with Gasteiger partial charge in [-0.25, -0.2) is 4.79 Å². The molecule has 0 aromatic rings. The van der Waals surface area contributed by atoms with Gasteiger partial charge in [-0.3, -0.25) is 14.4 Å². The highest BCUT2D eigenvalue weighted by atomic mass is 16.7. The van der Waals surface area contributed by atoms with E-state index in [-0.39, 0.29) is 25.9 Å². The van der Waals surface area contributed by atoms with Crippen LogP contribution in [-0.2, 0) is 42.9 Å². The molecule has 1 heterocycles. The first-order valence-corrected chi connectivity index (χ1v) is 27.6. The number of hydrogen-bond acceptors (Lipinski definition) is 11. The number of carboxylic acids is 1. The minimum absolute atomic E-state index is 0.0217. The Labute approximate surface area is 429 Å². The van der Waals surface area contributed by atoms with Crippen LogP contribution in [0.4, 0.5) is 0 Å². The number of esters is 3. The van der Waals surface area contributed by atoms with Crippen molar-refractivity contribution in [3.05, 3.63) is 85.1 Å². The summed E-state index contributed by atoms with van der Waals surface area (Å²) in [6.45, 7) is 5.69. The largest absolute Gasteiger partial charge is 0.479 e. The predicted octanol–water partition coefficient (Wildman–Crippen LogP) is 13.6. The van der Waals surface area contributed by atoms with E-state index in [4.69, 9.17) is 23.7 Å². The standard InChI is InChI=1S/C59H96O12/c1-4-7-10-13-16-19-21-23-24-25-26-27-28-30-31-34-36-39-42-45-51(60)67-48-50(69-52(61)46-43-40-37-33-18-15-12-9-6-3)49-68-59-57(55(64)54(63)56(71-59)58(65)66)70-53(62)47-44-41-38-35-32-29-22-20-17-14-11-8-5-2/h7-8,10-11,16-17,19-20,23-24,26-27,29,32,50,54-57,59,63-64H,4-6,9,12-15,18,21-22,25,28,30-31,33-49H2,1-3H3,(H,65,66)/b10-7-,11-8-,19-16-,20-17-,24-23-,27-26-,32-29-. The Morgan fingerprint density at radius 1 is 0.479 bits per heavy atom. The van der Waals surface area contributed by atoms with Crippen molar-refractivity contribution in [3.63, 3.8) is 0 Å². The lowest BCUT2D eigenvalue weighted by atomic mass is 9.98. The molecule has 0 radical (unpaired) electrons. The van der Waals surface area contributed by atoms with Gasteiger partial charge < -0.3 is 39.0 Å². The van der Waals surface area contributed by atoms with Crippen LogP contribution in [0.2, 0.25) is 0 Å². The first kappa shape index (κ1) is 64.9. The normalized spacial score (nSPS) is 19.1. The highest BCUT2D eigenvalue weighted by Crippen LogP contribution is 2.26. The summed E-state index contributed by atoms with van der Waals surface area (Å²) in [7, 11) is 0. The lowest BCUT2D eigenvalue weighted by Gasteiger charge is -2.40. The zero-order valence-corrected chi connectivity index (χ0v) is 44.2. The molecule has 0 saturated carbocycles. The number of allylic oxidation sites excluding steroid dienone is 14. The molecule has 6 atom stereocenters. The van der Waals surface area contributed by atoms with Gasteiger partial charge in [0.1, 0.15) is 18.8 Å². The summed E-state index contributed by atoms with van der Waals surface area (Å²) in [5.74, 6) is -3.18. The molecule has 0 aromatic carbocycles. The maximum atomic E-state index is 13.0. The van der Waals surface area contributed by atoms with E-state index in [2.05, 4.69) is 106 Å². The van der Waals surface area contributed by atoms with Crippen molar-refractivity contribution in [3.8, 4) is 0 Å². The van der Waals surface area contributed by atoms with Gasteiger partial charge in [-0.1, -0.05) is 189 Å². The Balaban J connectivity index is 2.69. The summed E-state index contributed by atoms with van der Waals surface area (Å²) < 4.78 is 28.3. The molecule has 71 heavy (non-hydrogen) atoms. The molecule has 0 aromatic heterocycles. The second-order valence-electron chi connectivity index (χ2n) is 18.5. The molecule has 3 N–H and O–H groups in total. The van der Waals surface area contributed by atoms with Gasteiger partial charge in [-0.2, -0.15) is 0 Å². The van der Waals surface area contributed by atoms with Gasteiger partial charge in [0.25, 0.3) is 0 Å². The van der Waals surface area contributed by atoms with Crippen LogP contribution in [0.1, 0.15) is 213 Å². The van der Waals surface area contributed by atoms with Crippen molar-refractivity contribution in [2.75, 3.05) is 13.2 Å². The molecular formula is C59H96O12. The lowest BCUT2D eigenvalue weighted by Crippen LogP contribution is -2.61. The van der Waals surface area contributed by atoms with E-state index in [9.17, 15) is 34.5 Å². The quantitative estimate of drug-likeness (QED) is 0.0228.